The maximum atomic E-state index is 12.8. The monoisotopic (exact) mass is 404 g/mol. The summed E-state index contributed by atoms with van der Waals surface area (Å²) in [6.07, 6.45) is 0. The van der Waals surface area contributed by atoms with Gasteiger partial charge in [-0.05, 0) is 12.5 Å². The Morgan fingerprint density at radius 2 is 2.15 bits per heavy atom. The number of methoxy groups -OCH3 is 1. The van der Waals surface area contributed by atoms with Gasteiger partial charge in [-0.2, -0.15) is 0 Å². The fourth-order valence-electron chi connectivity index (χ4n) is 2.53. The molecule has 3 rings (SSSR count). The van der Waals surface area contributed by atoms with Crippen LogP contribution in [-0.2, 0) is 9.53 Å². The zero-order valence-corrected chi connectivity index (χ0v) is 16.6. The van der Waals surface area contributed by atoms with E-state index in [4.69, 9.17) is 10.6 Å². The minimum Gasteiger partial charge on any atom is -0.383 e. The third-order valence-corrected chi connectivity index (χ3v) is 5.89. The van der Waals surface area contributed by atoms with Crippen LogP contribution in [-0.4, -0.2) is 41.1 Å². The highest BCUT2D eigenvalue weighted by atomic mass is 32.2. The smallest absolute Gasteiger partial charge is 0.282 e. The standard InChI is InChI=1S/C18H20N4O3S2/c1-11(15(23)20-8-9-25-2)27-18-21-16-14(17(24)22(18)19)13(10-26-16)12-6-4-3-5-7-12/h3-7,10-11H,8-9,19H2,1-2H3,(H,20,23)/t11-/m0/s1. The van der Waals surface area contributed by atoms with Crippen LogP contribution in [0.5, 0.6) is 0 Å². The molecule has 2 aromatic heterocycles. The van der Waals surface area contributed by atoms with Gasteiger partial charge in [0.05, 0.1) is 17.2 Å². The first kappa shape index (κ1) is 19.4. The maximum Gasteiger partial charge on any atom is 0.282 e. The second-order valence-corrected chi connectivity index (χ2v) is 7.98. The number of thiophene rings is 1. The highest BCUT2D eigenvalue weighted by Gasteiger charge is 2.20. The number of nitrogens with two attached hydrogens (primary N) is 1. The van der Waals surface area contributed by atoms with Crippen LogP contribution in [0.2, 0.25) is 0 Å². The van der Waals surface area contributed by atoms with Crippen molar-refractivity contribution in [2.45, 2.75) is 17.3 Å². The summed E-state index contributed by atoms with van der Waals surface area (Å²) >= 11 is 2.54. The van der Waals surface area contributed by atoms with Crippen LogP contribution in [0.25, 0.3) is 21.3 Å². The number of aromatic nitrogens is 2. The second kappa shape index (κ2) is 8.55. The molecule has 1 atom stereocenters. The lowest BCUT2D eigenvalue weighted by Gasteiger charge is -2.13. The van der Waals surface area contributed by atoms with Crippen molar-refractivity contribution in [3.05, 3.63) is 46.1 Å². The van der Waals surface area contributed by atoms with Crippen LogP contribution in [0.1, 0.15) is 6.92 Å². The van der Waals surface area contributed by atoms with Gasteiger partial charge < -0.3 is 15.9 Å². The molecule has 1 aromatic carbocycles. The lowest BCUT2D eigenvalue weighted by molar-refractivity contribution is -0.120. The van der Waals surface area contributed by atoms with Crippen LogP contribution >= 0.6 is 23.1 Å². The van der Waals surface area contributed by atoms with Crippen molar-refractivity contribution in [3.63, 3.8) is 0 Å². The van der Waals surface area contributed by atoms with E-state index in [1.807, 2.05) is 35.7 Å². The summed E-state index contributed by atoms with van der Waals surface area (Å²) in [4.78, 5) is 30.1. The van der Waals surface area contributed by atoms with E-state index in [0.717, 1.165) is 27.6 Å². The summed E-state index contributed by atoms with van der Waals surface area (Å²) in [5.41, 5.74) is 1.43. The van der Waals surface area contributed by atoms with Crippen molar-refractivity contribution in [1.29, 1.82) is 0 Å². The van der Waals surface area contributed by atoms with Crippen LogP contribution < -0.4 is 16.7 Å². The Kier molecular flexibility index (Phi) is 6.15. The van der Waals surface area contributed by atoms with Gasteiger partial charge in [-0.1, -0.05) is 42.1 Å². The highest BCUT2D eigenvalue weighted by molar-refractivity contribution is 8.00. The summed E-state index contributed by atoms with van der Waals surface area (Å²) in [5, 5.41) is 5.02. The van der Waals surface area contributed by atoms with E-state index in [2.05, 4.69) is 10.3 Å². The lowest BCUT2D eigenvalue weighted by Crippen LogP contribution is -2.35. The van der Waals surface area contributed by atoms with Crippen molar-refractivity contribution in [3.8, 4) is 11.1 Å². The number of nitrogens with one attached hydrogen (secondary N) is 1. The van der Waals surface area contributed by atoms with Gasteiger partial charge in [0.2, 0.25) is 5.91 Å². The number of carbonyl (C=O) groups excluding carboxylic acids is 1. The van der Waals surface area contributed by atoms with Gasteiger partial charge in [0.1, 0.15) is 4.83 Å². The number of carbonyl (C=O) groups is 1. The van der Waals surface area contributed by atoms with Crippen molar-refractivity contribution in [2.75, 3.05) is 26.1 Å². The average Bonchev–Trinajstić information content (AvgIpc) is 3.10. The normalized spacial score (nSPS) is 12.2. The minimum atomic E-state index is -0.449. The Morgan fingerprint density at radius 1 is 1.41 bits per heavy atom. The number of rotatable bonds is 7. The number of hydrogen-bond acceptors (Lipinski definition) is 7. The Bertz CT molecular complexity index is 1000. The van der Waals surface area contributed by atoms with Gasteiger partial charge in [-0.3, -0.25) is 9.59 Å². The van der Waals surface area contributed by atoms with Gasteiger partial charge >= 0.3 is 0 Å². The highest BCUT2D eigenvalue weighted by Crippen LogP contribution is 2.32. The molecular formula is C18H20N4O3S2. The van der Waals surface area contributed by atoms with Crippen molar-refractivity contribution >= 4 is 39.2 Å². The van der Waals surface area contributed by atoms with Crippen LogP contribution in [0, 0.1) is 0 Å². The number of fused-ring (bicyclic) bond motifs is 1. The third kappa shape index (κ3) is 4.15. The number of nitrogens with zero attached hydrogens (tertiary/aromatic N) is 2. The Hall–Kier alpha value is -2.36. The summed E-state index contributed by atoms with van der Waals surface area (Å²) in [7, 11) is 1.57. The third-order valence-electron chi connectivity index (χ3n) is 3.95. The second-order valence-electron chi connectivity index (χ2n) is 5.81. The van der Waals surface area contributed by atoms with Crippen LogP contribution in [0.3, 0.4) is 0 Å². The van der Waals surface area contributed by atoms with Crippen LogP contribution in [0.4, 0.5) is 0 Å². The molecule has 0 bridgehead atoms. The zero-order chi connectivity index (χ0) is 19.4. The first-order chi connectivity index (χ1) is 13.0. The maximum absolute atomic E-state index is 12.8. The van der Waals surface area contributed by atoms with Gasteiger partial charge in [0.15, 0.2) is 5.16 Å². The molecule has 7 nitrogen and oxygen atoms in total. The Labute approximate surface area is 164 Å². The molecule has 0 saturated carbocycles. The van der Waals surface area contributed by atoms with E-state index in [-0.39, 0.29) is 11.5 Å². The predicted octanol–water partition coefficient (Wildman–Crippen LogP) is 2.08. The number of thioether (sulfide) groups is 1. The lowest BCUT2D eigenvalue weighted by atomic mass is 10.1. The number of benzene rings is 1. The SMILES string of the molecule is COCCNC(=O)[C@H](C)Sc1nc2scc(-c3ccccc3)c2c(=O)n1N. The molecule has 1 amide bonds. The molecule has 0 radical (unpaired) electrons. The van der Waals surface area contributed by atoms with E-state index in [1.54, 1.807) is 14.0 Å². The molecule has 9 heteroatoms. The molecule has 0 spiro atoms. The van der Waals surface area contributed by atoms with Gasteiger partial charge in [-0.15, -0.1) is 11.3 Å². The summed E-state index contributed by atoms with van der Waals surface area (Å²) in [5.74, 6) is 5.83. The Balaban J connectivity index is 1.90. The van der Waals surface area contributed by atoms with Crippen molar-refractivity contribution < 1.29 is 9.53 Å². The predicted molar refractivity (Wildman–Crippen MR) is 110 cm³/mol. The number of amides is 1. The molecule has 27 heavy (non-hydrogen) atoms. The minimum absolute atomic E-state index is 0.164. The van der Waals surface area contributed by atoms with E-state index in [9.17, 15) is 9.59 Å². The molecule has 0 aliphatic carbocycles. The number of nitrogen functional groups attached to an aromatic ring is 1. The van der Waals surface area contributed by atoms with E-state index in [1.165, 1.54) is 11.3 Å². The molecule has 0 saturated heterocycles. The largest absolute Gasteiger partial charge is 0.383 e. The number of hydrogen-bond donors (Lipinski definition) is 2. The van der Waals surface area contributed by atoms with Crippen LogP contribution in [0.15, 0.2) is 45.7 Å². The molecule has 0 aliphatic heterocycles. The molecule has 0 fully saturated rings. The molecule has 3 N–H and O–H groups in total. The fourth-order valence-corrected chi connectivity index (χ4v) is 4.37. The zero-order valence-electron chi connectivity index (χ0n) is 15.0. The van der Waals surface area contributed by atoms with Gasteiger partial charge in [0.25, 0.3) is 5.56 Å². The van der Waals surface area contributed by atoms with E-state index in [0.29, 0.717) is 28.5 Å². The molecule has 3 aromatic rings. The summed E-state index contributed by atoms with van der Waals surface area (Å²) in [6.45, 7) is 2.60. The van der Waals surface area contributed by atoms with Gasteiger partial charge in [0, 0.05) is 24.6 Å². The molecular weight excluding hydrogens is 384 g/mol. The van der Waals surface area contributed by atoms with E-state index >= 15 is 0 Å². The molecule has 142 valence electrons. The quantitative estimate of drug-likeness (QED) is 0.271. The van der Waals surface area contributed by atoms with Gasteiger partial charge in [-0.25, -0.2) is 9.66 Å². The topological polar surface area (TPSA) is 99.2 Å². The molecule has 2 heterocycles. The summed E-state index contributed by atoms with van der Waals surface area (Å²) in [6, 6.07) is 9.64. The van der Waals surface area contributed by atoms with E-state index < -0.39 is 5.25 Å². The van der Waals surface area contributed by atoms with Crippen molar-refractivity contribution in [1.82, 2.24) is 15.0 Å². The Morgan fingerprint density at radius 3 is 2.85 bits per heavy atom. The summed E-state index contributed by atoms with van der Waals surface area (Å²) < 4.78 is 5.93. The molecule has 0 unspecified atom stereocenters. The average molecular weight is 405 g/mol. The number of ether oxygens (including phenoxy) is 1. The first-order valence-corrected chi connectivity index (χ1v) is 10.1. The fraction of sp³-hybridized carbons (Fsp3) is 0.278. The molecule has 0 aliphatic rings. The first-order valence-electron chi connectivity index (χ1n) is 8.31. The van der Waals surface area contributed by atoms with Crippen molar-refractivity contribution in [2.24, 2.45) is 0 Å².